The minimum absolute atomic E-state index is 0.0999. The number of halogens is 3. The number of hydrogen-bond donors (Lipinski definition) is 0. The molecule has 0 atom stereocenters. The molecule has 134 valence electrons. The van der Waals surface area contributed by atoms with E-state index < -0.39 is 11.7 Å². The number of benzene rings is 1. The second kappa shape index (κ2) is 8.04. The monoisotopic (exact) mass is 342 g/mol. The molecule has 1 saturated carbocycles. The van der Waals surface area contributed by atoms with E-state index in [2.05, 4.69) is 0 Å². The number of aryl methyl sites for hydroxylation is 1. The number of carbonyl (C=O) groups excluding carboxylic acids is 1. The molecule has 2 rings (SSSR count). The van der Waals surface area contributed by atoms with Crippen molar-refractivity contribution >= 4 is 5.97 Å². The van der Waals surface area contributed by atoms with Crippen molar-refractivity contribution in [3.05, 3.63) is 35.4 Å². The van der Waals surface area contributed by atoms with Crippen molar-refractivity contribution in [2.75, 3.05) is 6.61 Å². The quantitative estimate of drug-likeness (QED) is 0.634. The molecule has 1 aromatic carbocycles. The normalized spacial score (nSPS) is 17.5. The summed E-state index contributed by atoms with van der Waals surface area (Å²) in [5.41, 5.74) is -0.139. The fraction of sp³-hybridized carbons (Fsp3) is 0.632. The van der Waals surface area contributed by atoms with E-state index in [0.29, 0.717) is 13.0 Å². The second-order valence-electron chi connectivity index (χ2n) is 6.61. The van der Waals surface area contributed by atoms with Crippen LogP contribution in [0.5, 0.6) is 0 Å². The third-order valence-electron chi connectivity index (χ3n) is 4.92. The molecule has 24 heavy (non-hydrogen) atoms. The summed E-state index contributed by atoms with van der Waals surface area (Å²) in [5, 5.41) is 0. The van der Waals surface area contributed by atoms with Crippen LogP contribution in [0.1, 0.15) is 63.0 Å². The Labute approximate surface area is 141 Å². The lowest BCUT2D eigenvalue weighted by Crippen LogP contribution is -2.35. The summed E-state index contributed by atoms with van der Waals surface area (Å²) in [6.07, 6.45) is 2.86. The van der Waals surface area contributed by atoms with Crippen molar-refractivity contribution in [1.82, 2.24) is 0 Å². The zero-order valence-corrected chi connectivity index (χ0v) is 14.1. The standard InChI is InChI=1S/C19H25F3O2/c1-2-24-17(23)18(12-4-3-5-13-18)14-6-7-15-8-10-16(11-9-15)19(20,21)22/h8-11H,2-7,12-14H2,1H3. The van der Waals surface area contributed by atoms with E-state index in [4.69, 9.17) is 4.74 Å². The molecule has 0 amide bonds. The number of carbonyl (C=O) groups is 1. The van der Waals surface area contributed by atoms with Crippen molar-refractivity contribution in [3.8, 4) is 0 Å². The van der Waals surface area contributed by atoms with Crippen LogP contribution in [0, 0.1) is 5.41 Å². The highest BCUT2D eigenvalue weighted by Gasteiger charge is 2.40. The van der Waals surface area contributed by atoms with Gasteiger partial charge in [0, 0.05) is 0 Å². The SMILES string of the molecule is CCOC(=O)C1(CCCc2ccc(C(F)(F)F)cc2)CCCCC1. The van der Waals surface area contributed by atoms with Gasteiger partial charge >= 0.3 is 12.1 Å². The van der Waals surface area contributed by atoms with Gasteiger partial charge in [-0.05, 0) is 56.7 Å². The molecular weight excluding hydrogens is 317 g/mol. The highest BCUT2D eigenvalue weighted by molar-refractivity contribution is 5.76. The average Bonchev–Trinajstić information content (AvgIpc) is 2.55. The largest absolute Gasteiger partial charge is 0.466 e. The highest BCUT2D eigenvalue weighted by atomic mass is 19.4. The van der Waals surface area contributed by atoms with E-state index in [0.717, 1.165) is 62.6 Å². The van der Waals surface area contributed by atoms with Gasteiger partial charge in [0.2, 0.25) is 0 Å². The Morgan fingerprint density at radius 3 is 2.29 bits per heavy atom. The number of rotatable bonds is 6. The summed E-state index contributed by atoms with van der Waals surface area (Å²) in [6, 6.07) is 5.30. The molecule has 1 aromatic rings. The Balaban J connectivity index is 1.94. The van der Waals surface area contributed by atoms with E-state index in [-0.39, 0.29) is 11.4 Å². The van der Waals surface area contributed by atoms with Gasteiger partial charge in [-0.25, -0.2) is 0 Å². The molecule has 0 radical (unpaired) electrons. The van der Waals surface area contributed by atoms with Gasteiger partial charge in [-0.15, -0.1) is 0 Å². The Morgan fingerprint density at radius 2 is 1.75 bits per heavy atom. The van der Waals surface area contributed by atoms with Crippen LogP contribution in [-0.2, 0) is 22.1 Å². The minimum atomic E-state index is -4.30. The molecule has 2 nitrogen and oxygen atoms in total. The summed E-state index contributed by atoms with van der Waals surface area (Å²) in [7, 11) is 0. The Bertz CT molecular complexity index is 529. The van der Waals surface area contributed by atoms with Crippen molar-refractivity contribution in [3.63, 3.8) is 0 Å². The fourth-order valence-electron chi connectivity index (χ4n) is 3.56. The van der Waals surface area contributed by atoms with Crippen LogP contribution in [0.2, 0.25) is 0 Å². The molecule has 0 saturated heterocycles. The summed E-state index contributed by atoms with van der Waals surface area (Å²) < 4.78 is 43.0. The second-order valence-corrected chi connectivity index (χ2v) is 6.61. The van der Waals surface area contributed by atoms with Gasteiger partial charge in [0.25, 0.3) is 0 Å². The molecule has 1 fully saturated rings. The maximum absolute atomic E-state index is 12.6. The Morgan fingerprint density at radius 1 is 1.12 bits per heavy atom. The minimum Gasteiger partial charge on any atom is -0.466 e. The van der Waals surface area contributed by atoms with Gasteiger partial charge in [-0.3, -0.25) is 4.79 Å². The van der Waals surface area contributed by atoms with E-state index in [9.17, 15) is 18.0 Å². The third kappa shape index (κ3) is 4.74. The molecule has 0 bridgehead atoms. The van der Waals surface area contributed by atoms with Crippen molar-refractivity contribution in [2.45, 2.75) is 64.5 Å². The first-order valence-corrected chi connectivity index (χ1v) is 8.71. The molecule has 5 heteroatoms. The zero-order valence-electron chi connectivity index (χ0n) is 14.1. The summed E-state index contributed by atoms with van der Waals surface area (Å²) in [4.78, 5) is 12.4. The van der Waals surface area contributed by atoms with E-state index >= 15 is 0 Å². The van der Waals surface area contributed by atoms with Crippen molar-refractivity contribution in [2.24, 2.45) is 5.41 Å². The summed E-state index contributed by atoms with van der Waals surface area (Å²) in [5.74, 6) is -0.0999. The molecular formula is C19H25F3O2. The summed E-state index contributed by atoms with van der Waals surface area (Å²) >= 11 is 0. The lowest BCUT2D eigenvalue weighted by molar-refractivity contribution is -0.158. The van der Waals surface area contributed by atoms with E-state index in [1.54, 1.807) is 0 Å². The van der Waals surface area contributed by atoms with Gasteiger partial charge in [0.1, 0.15) is 0 Å². The fourth-order valence-corrected chi connectivity index (χ4v) is 3.56. The molecule has 0 aromatic heterocycles. The number of esters is 1. The van der Waals surface area contributed by atoms with Gasteiger partial charge < -0.3 is 4.74 Å². The van der Waals surface area contributed by atoms with Crippen molar-refractivity contribution in [1.29, 1.82) is 0 Å². The molecule has 0 N–H and O–H groups in total. The molecule has 0 unspecified atom stereocenters. The first kappa shape index (κ1) is 18.8. The lowest BCUT2D eigenvalue weighted by atomic mass is 9.71. The third-order valence-corrected chi connectivity index (χ3v) is 4.92. The predicted molar refractivity (Wildman–Crippen MR) is 86.5 cm³/mol. The molecule has 1 aliphatic carbocycles. The Kier molecular flexibility index (Phi) is 6.30. The number of alkyl halides is 3. The lowest BCUT2D eigenvalue weighted by Gasteiger charge is -2.35. The van der Waals surface area contributed by atoms with Crippen LogP contribution < -0.4 is 0 Å². The summed E-state index contributed by atoms with van der Waals surface area (Å²) in [6.45, 7) is 2.20. The van der Waals surface area contributed by atoms with Crippen LogP contribution >= 0.6 is 0 Å². The van der Waals surface area contributed by atoms with Gasteiger partial charge in [0.15, 0.2) is 0 Å². The van der Waals surface area contributed by atoms with E-state index in [1.807, 2.05) is 6.92 Å². The van der Waals surface area contributed by atoms with Gasteiger partial charge in [-0.2, -0.15) is 13.2 Å². The average molecular weight is 342 g/mol. The smallest absolute Gasteiger partial charge is 0.416 e. The molecule has 0 aliphatic heterocycles. The maximum Gasteiger partial charge on any atom is 0.416 e. The molecule has 0 spiro atoms. The highest BCUT2D eigenvalue weighted by Crippen LogP contribution is 2.41. The molecule has 1 aliphatic rings. The topological polar surface area (TPSA) is 26.3 Å². The molecule has 0 heterocycles. The first-order chi connectivity index (χ1) is 11.4. The Hall–Kier alpha value is -1.52. The van der Waals surface area contributed by atoms with E-state index in [1.165, 1.54) is 12.1 Å². The van der Waals surface area contributed by atoms with Crippen LogP contribution in [0.15, 0.2) is 24.3 Å². The van der Waals surface area contributed by atoms with Crippen molar-refractivity contribution < 1.29 is 22.7 Å². The zero-order chi connectivity index (χ0) is 17.6. The van der Waals surface area contributed by atoms with Crippen LogP contribution in [-0.4, -0.2) is 12.6 Å². The van der Waals surface area contributed by atoms with Gasteiger partial charge in [-0.1, -0.05) is 31.4 Å². The van der Waals surface area contributed by atoms with Crippen LogP contribution in [0.3, 0.4) is 0 Å². The van der Waals surface area contributed by atoms with Crippen LogP contribution in [0.4, 0.5) is 13.2 Å². The van der Waals surface area contributed by atoms with Crippen LogP contribution in [0.25, 0.3) is 0 Å². The van der Waals surface area contributed by atoms with Gasteiger partial charge in [0.05, 0.1) is 17.6 Å². The first-order valence-electron chi connectivity index (χ1n) is 8.71. The number of hydrogen-bond acceptors (Lipinski definition) is 2. The predicted octanol–water partition coefficient (Wildman–Crippen LogP) is 5.54. The maximum atomic E-state index is 12.6. The number of ether oxygens (including phenoxy) is 1.